The van der Waals surface area contributed by atoms with Gasteiger partial charge in [0.25, 0.3) is 0 Å². The topological polar surface area (TPSA) is 38.0 Å². The molecule has 1 aliphatic heterocycles. The molecule has 3 heteroatoms. The van der Waals surface area contributed by atoms with E-state index in [0.717, 1.165) is 11.8 Å². The SMILES string of the molecule is CCCCC(CC)CC(CC1CCSCC1)NN. The zero-order chi connectivity index (χ0) is 13.2. The Hall–Kier alpha value is 0.270. The van der Waals surface area contributed by atoms with E-state index in [1.807, 2.05) is 0 Å². The maximum Gasteiger partial charge on any atom is 0.0215 e. The third-order valence-corrected chi connectivity index (χ3v) is 5.40. The van der Waals surface area contributed by atoms with Crippen LogP contribution in [0, 0.1) is 11.8 Å². The Balaban J connectivity index is 2.29. The first-order chi connectivity index (χ1) is 8.80. The lowest BCUT2D eigenvalue weighted by atomic mass is 9.86. The summed E-state index contributed by atoms with van der Waals surface area (Å²) < 4.78 is 0. The number of hydrogen-bond acceptors (Lipinski definition) is 3. The van der Waals surface area contributed by atoms with Crippen LogP contribution >= 0.6 is 11.8 Å². The first-order valence-corrected chi connectivity index (χ1v) is 8.99. The molecule has 0 amide bonds. The molecule has 0 aromatic carbocycles. The van der Waals surface area contributed by atoms with E-state index in [1.54, 1.807) is 0 Å². The van der Waals surface area contributed by atoms with Crippen LogP contribution in [0.1, 0.15) is 65.2 Å². The van der Waals surface area contributed by atoms with E-state index < -0.39 is 0 Å². The van der Waals surface area contributed by atoms with Crippen molar-refractivity contribution in [1.29, 1.82) is 0 Å². The first-order valence-electron chi connectivity index (χ1n) is 7.83. The van der Waals surface area contributed by atoms with Gasteiger partial charge in [0, 0.05) is 6.04 Å². The van der Waals surface area contributed by atoms with Gasteiger partial charge in [0.2, 0.25) is 0 Å². The molecule has 0 spiro atoms. The van der Waals surface area contributed by atoms with Gasteiger partial charge in [0.15, 0.2) is 0 Å². The van der Waals surface area contributed by atoms with E-state index in [1.165, 1.54) is 62.9 Å². The molecule has 2 unspecified atom stereocenters. The van der Waals surface area contributed by atoms with Crippen molar-refractivity contribution in [3.63, 3.8) is 0 Å². The smallest absolute Gasteiger partial charge is 0.0215 e. The number of hydrogen-bond donors (Lipinski definition) is 2. The predicted octanol–water partition coefficient (Wildman–Crippen LogP) is 3.96. The summed E-state index contributed by atoms with van der Waals surface area (Å²) in [5.74, 6) is 10.3. The molecule has 2 atom stereocenters. The summed E-state index contributed by atoms with van der Waals surface area (Å²) in [5.41, 5.74) is 3.08. The molecule has 1 aliphatic rings. The van der Waals surface area contributed by atoms with Crippen molar-refractivity contribution in [2.75, 3.05) is 11.5 Å². The van der Waals surface area contributed by atoms with Gasteiger partial charge in [-0.05, 0) is 49.0 Å². The molecular formula is C15H32N2S. The molecular weight excluding hydrogens is 240 g/mol. The van der Waals surface area contributed by atoms with Crippen LogP contribution in [-0.4, -0.2) is 17.5 Å². The highest BCUT2D eigenvalue weighted by Gasteiger charge is 2.20. The van der Waals surface area contributed by atoms with Crippen LogP contribution in [0.3, 0.4) is 0 Å². The van der Waals surface area contributed by atoms with Gasteiger partial charge in [-0.15, -0.1) is 0 Å². The van der Waals surface area contributed by atoms with E-state index in [0.29, 0.717) is 6.04 Å². The van der Waals surface area contributed by atoms with E-state index in [2.05, 4.69) is 31.0 Å². The summed E-state index contributed by atoms with van der Waals surface area (Å²) in [6, 6.07) is 0.542. The average Bonchev–Trinajstić information content (AvgIpc) is 2.43. The number of nitrogens with one attached hydrogen (secondary N) is 1. The molecule has 0 radical (unpaired) electrons. The third-order valence-electron chi connectivity index (χ3n) is 4.36. The van der Waals surface area contributed by atoms with Crippen molar-refractivity contribution in [3.8, 4) is 0 Å². The van der Waals surface area contributed by atoms with Crippen LogP contribution in [0.4, 0.5) is 0 Å². The summed E-state index contributed by atoms with van der Waals surface area (Å²) in [4.78, 5) is 0. The number of unbranched alkanes of at least 4 members (excludes halogenated alkanes) is 1. The van der Waals surface area contributed by atoms with Gasteiger partial charge in [-0.25, -0.2) is 0 Å². The summed E-state index contributed by atoms with van der Waals surface area (Å²) in [5, 5.41) is 0. The summed E-state index contributed by atoms with van der Waals surface area (Å²) in [6.07, 6.45) is 10.7. The standard InChI is InChI=1S/C15H32N2S/c1-3-5-6-13(4-2)11-15(17-16)12-14-7-9-18-10-8-14/h13-15,17H,3-12,16H2,1-2H3. The van der Waals surface area contributed by atoms with E-state index in [4.69, 9.17) is 5.84 Å². The molecule has 0 bridgehead atoms. The van der Waals surface area contributed by atoms with Crippen molar-refractivity contribution >= 4 is 11.8 Å². The minimum atomic E-state index is 0.542. The molecule has 108 valence electrons. The fourth-order valence-corrected chi connectivity index (χ4v) is 4.20. The molecule has 0 saturated carbocycles. The van der Waals surface area contributed by atoms with Gasteiger partial charge >= 0.3 is 0 Å². The van der Waals surface area contributed by atoms with Gasteiger partial charge in [-0.2, -0.15) is 11.8 Å². The second-order valence-corrected chi connectivity index (χ2v) is 7.03. The van der Waals surface area contributed by atoms with Gasteiger partial charge in [0.1, 0.15) is 0 Å². The monoisotopic (exact) mass is 272 g/mol. The Morgan fingerprint density at radius 1 is 1.28 bits per heavy atom. The Kier molecular flexibility index (Phi) is 9.16. The molecule has 2 nitrogen and oxygen atoms in total. The second kappa shape index (κ2) is 10.1. The Bertz CT molecular complexity index is 193. The molecule has 0 aromatic rings. The van der Waals surface area contributed by atoms with Crippen molar-refractivity contribution in [2.24, 2.45) is 17.7 Å². The van der Waals surface area contributed by atoms with Crippen LogP contribution in [0.5, 0.6) is 0 Å². The lowest BCUT2D eigenvalue weighted by molar-refractivity contribution is 0.297. The largest absolute Gasteiger partial charge is 0.271 e. The molecule has 1 heterocycles. The quantitative estimate of drug-likeness (QED) is 0.493. The molecule has 1 fully saturated rings. The highest BCUT2D eigenvalue weighted by molar-refractivity contribution is 7.99. The van der Waals surface area contributed by atoms with Crippen LogP contribution in [-0.2, 0) is 0 Å². The van der Waals surface area contributed by atoms with Crippen molar-refractivity contribution in [3.05, 3.63) is 0 Å². The maximum atomic E-state index is 5.77. The molecule has 3 N–H and O–H groups in total. The van der Waals surface area contributed by atoms with Crippen molar-refractivity contribution < 1.29 is 0 Å². The average molecular weight is 273 g/mol. The second-order valence-electron chi connectivity index (χ2n) is 5.81. The molecule has 0 aliphatic carbocycles. The fraction of sp³-hybridized carbons (Fsp3) is 1.00. The van der Waals surface area contributed by atoms with Crippen LogP contribution in [0.15, 0.2) is 0 Å². The Morgan fingerprint density at radius 2 is 2.00 bits per heavy atom. The van der Waals surface area contributed by atoms with E-state index >= 15 is 0 Å². The minimum absolute atomic E-state index is 0.542. The zero-order valence-electron chi connectivity index (χ0n) is 12.3. The summed E-state index contributed by atoms with van der Waals surface area (Å²) in [7, 11) is 0. The molecule has 1 saturated heterocycles. The van der Waals surface area contributed by atoms with Gasteiger partial charge in [-0.3, -0.25) is 11.3 Å². The van der Waals surface area contributed by atoms with Crippen molar-refractivity contribution in [2.45, 2.75) is 71.3 Å². The lowest BCUT2D eigenvalue weighted by Gasteiger charge is -2.28. The summed E-state index contributed by atoms with van der Waals surface area (Å²) >= 11 is 2.11. The Labute approximate surface area is 118 Å². The maximum absolute atomic E-state index is 5.77. The highest BCUT2D eigenvalue weighted by Crippen LogP contribution is 2.28. The highest BCUT2D eigenvalue weighted by atomic mass is 32.2. The predicted molar refractivity (Wildman–Crippen MR) is 83.7 cm³/mol. The molecule has 18 heavy (non-hydrogen) atoms. The third kappa shape index (κ3) is 6.44. The Morgan fingerprint density at radius 3 is 2.56 bits per heavy atom. The molecule has 0 aromatic heterocycles. The van der Waals surface area contributed by atoms with E-state index in [9.17, 15) is 0 Å². The number of nitrogens with two attached hydrogens (primary N) is 1. The fourth-order valence-electron chi connectivity index (χ4n) is 3.00. The van der Waals surface area contributed by atoms with Crippen LogP contribution in [0.2, 0.25) is 0 Å². The summed E-state index contributed by atoms with van der Waals surface area (Å²) in [6.45, 7) is 4.61. The van der Waals surface area contributed by atoms with Gasteiger partial charge < -0.3 is 0 Å². The zero-order valence-corrected chi connectivity index (χ0v) is 13.1. The molecule has 1 rings (SSSR count). The minimum Gasteiger partial charge on any atom is -0.271 e. The lowest BCUT2D eigenvalue weighted by Crippen LogP contribution is -2.38. The van der Waals surface area contributed by atoms with Crippen molar-refractivity contribution in [1.82, 2.24) is 5.43 Å². The van der Waals surface area contributed by atoms with Crippen LogP contribution in [0.25, 0.3) is 0 Å². The van der Waals surface area contributed by atoms with Crippen LogP contribution < -0.4 is 11.3 Å². The van der Waals surface area contributed by atoms with Gasteiger partial charge in [0.05, 0.1) is 0 Å². The number of rotatable bonds is 9. The number of thioether (sulfide) groups is 1. The number of hydrazine groups is 1. The van der Waals surface area contributed by atoms with Gasteiger partial charge in [-0.1, -0.05) is 39.5 Å². The normalized spacial score (nSPS) is 20.8. The first kappa shape index (κ1) is 16.3. The van der Waals surface area contributed by atoms with E-state index in [-0.39, 0.29) is 0 Å².